The Labute approximate surface area is 155 Å². The van der Waals surface area contributed by atoms with Gasteiger partial charge in [0.05, 0.1) is 5.69 Å². The smallest absolute Gasteiger partial charge is 0.274 e. The summed E-state index contributed by atoms with van der Waals surface area (Å²) in [4.78, 5) is 20.9. The average Bonchev–Trinajstić information content (AvgIpc) is 2.64. The average molecular weight is 368 g/mol. The summed E-state index contributed by atoms with van der Waals surface area (Å²) < 4.78 is 26.7. The third-order valence-electron chi connectivity index (χ3n) is 3.88. The molecule has 0 saturated heterocycles. The topological polar surface area (TPSA) is 66.9 Å². The van der Waals surface area contributed by atoms with Crippen molar-refractivity contribution in [2.45, 2.75) is 20.3 Å². The van der Waals surface area contributed by atoms with Crippen LogP contribution >= 0.6 is 0 Å². The number of hydrogen-bond acceptors (Lipinski definition) is 4. The molecule has 7 heteroatoms. The van der Waals surface area contributed by atoms with Crippen molar-refractivity contribution in [2.24, 2.45) is 0 Å². The third kappa shape index (κ3) is 4.63. The van der Waals surface area contributed by atoms with Crippen LogP contribution < -0.4 is 10.6 Å². The molecule has 2 N–H and O–H groups in total. The minimum Gasteiger partial charge on any atom is -0.324 e. The summed E-state index contributed by atoms with van der Waals surface area (Å²) in [5.41, 5.74) is 2.50. The Morgan fingerprint density at radius 3 is 2.44 bits per heavy atom. The van der Waals surface area contributed by atoms with Crippen molar-refractivity contribution < 1.29 is 13.6 Å². The fourth-order valence-electron chi connectivity index (χ4n) is 2.47. The van der Waals surface area contributed by atoms with Gasteiger partial charge >= 0.3 is 0 Å². The van der Waals surface area contributed by atoms with Crippen LogP contribution in [0.5, 0.6) is 0 Å². The van der Waals surface area contributed by atoms with Gasteiger partial charge in [0, 0.05) is 17.4 Å². The zero-order valence-corrected chi connectivity index (χ0v) is 14.9. The predicted molar refractivity (Wildman–Crippen MR) is 100 cm³/mol. The number of halogens is 2. The van der Waals surface area contributed by atoms with E-state index in [1.807, 2.05) is 24.3 Å². The number of nitrogens with zero attached hydrogens (tertiary/aromatic N) is 2. The quantitative estimate of drug-likeness (QED) is 0.689. The van der Waals surface area contributed by atoms with Gasteiger partial charge in [0.25, 0.3) is 5.91 Å². The molecule has 3 aromatic rings. The molecule has 2 aromatic carbocycles. The highest BCUT2D eigenvalue weighted by Gasteiger charge is 2.14. The standard InChI is InChI=1S/C20H18F2N4O/c1-3-13-4-7-15(8-5-13)24-20-23-12(2)10-18(26-20)19(27)25-17-9-6-14(21)11-16(17)22/h4-11H,3H2,1-2H3,(H,25,27)(H,23,24,26). The minimum absolute atomic E-state index is 0.0684. The molecular weight excluding hydrogens is 350 g/mol. The van der Waals surface area contributed by atoms with Gasteiger partial charge in [-0.3, -0.25) is 4.79 Å². The van der Waals surface area contributed by atoms with E-state index in [1.54, 1.807) is 6.92 Å². The van der Waals surface area contributed by atoms with Crippen molar-refractivity contribution >= 4 is 23.2 Å². The molecule has 1 heterocycles. The highest BCUT2D eigenvalue weighted by atomic mass is 19.1. The molecule has 0 bridgehead atoms. The second kappa shape index (κ2) is 7.90. The van der Waals surface area contributed by atoms with E-state index in [0.717, 1.165) is 24.2 Å². The summed E-state index contributed by atoms with van der Waals surface area (Å²) >= 11 is 0. The monoisotopic (exact) mass is 368 g/mol. The maximum absolute atomic E-state index is 13.7. The lowest BCUT2D eigenvalue weighted by Gasteiger charge is -2.10. The number of carbonyl (C=O) groups excluding carboxylic acids is 1. The van der Waals surface area contributed by atoms with Crippen molar-refractivity contribution in [3.05, 3.63) is 77.1 Å². The number of aromatic nitrogens is 2. The van der Waals surface area contributed by atoms with E-state index in [1.165, 1.54) is 11.6 Å². The molecule has 0 saturated carbocycles. The van der Waals surface area contributed by atoms with Gasteiger partial charge in [0.2, 0.25) is 5.95 Å². The number of anilines is 3. The first-order valence-corrected chi connectivity index (χ1v) is 8.42. The Bertz CT molecular complexity index is 974. The fourth-order valence-corrected chi connectivity index (χ4v) is 2.47. The van der Waals surface area contributed by atoms with Crippen LogP contribution in [0, 0.1) is 18.6 Å². The number of aryl methyl sites for hydroxylation is 2. The van der Waals surface area contributed by atoms with Gasteiger partial charge < -0.3 is 10.6 Å². The lowest BCUT2D eigenvalue weighted by atomic mass is 10.1. The molecule has 1 amide bonds. The van der Waals surface area contributed by atoms with Crippen LogP contribution in [-0.2, 0) is 6.42 Å². The Morgan fingerprint density at radius 1 is 1.04 bits per heavy atom. The lowest BCUT2D eigenvalue weighted by Crippen LogP contribution is -2.16. The van der Waals surface area contributed by atoms with Crippen molar-refractivity contribution in [2.75, 3.05) is 10.6 Å². The lowest BCUT2D eigenvalue weighted by molar-refractivity contribution is 0.102. The normalized spacial score (nSPS) is 10.5. The Balaban J connectivity index is 1.80. The minimum atomic E-state index is -0.858. The van der Waals surface area contributed by atoms with Gasteiger partial charge in [0.1, 0.15) is 17.3 Å². The van der Waals surface area contributed by atoms with Gasteiger partial charge in [-0.2, -0.15) is 0 Å². The van der Waals surface area contributed by atoms with E-state index < -0.39 is 17.5 Å². The maximum atomic E-state index is 13.7. The molecule has 0 aliphatic rings. The van der Waals surface area contributed by atoms with Gasteiger partial charge in [-0.15, -0.1) is 0 Å². The molecule has 5 nitrogen and oxygen atoms in total. The molecule has 0 unspecified atom stereocenters. The molecule has 0 radical (unpaired) electrons. The molecule has 0 atom stereocenters. The first-order valence-electron chi connectivity index (χ1n) is 8.42. The van der Waals surface area contributed by atoms with Crippen molar-refractivity contribution in [3.8, 4) is 0 Å². The molecule has 0 spiro atoms. The van der Waals surface area contributed by atoms with Crippen molar-refractivity contribution in [3.63, 3.8) is 0 Å². The predicted octanol–water partition coefficient (Wildman–Crippen LogP) is 4.62. The summed E-state index contributed by atoms with van der Waals surface area (Å²) in [6.07, 6.45) is 0.936. The summed E-state index contributed by atoms with van der Waals surface area (Å²) in [6, 6.07) is 12.2. The molecule has 0 aliphatic heterocycles. The summed E-state index contributed by atoms with van der Waals surface area (Å²) in [7, 11) is 0. The zero-order valence-electron chi connectivity index (χ0n) is 14.9. The second-order valence-electron chi connectivity index (χ2n) is 5.97. The van der Waals surface area contributed by atoms with Crippen molar-refractivity contribution in [1.82, 2.24) is 9.97 Å². The van der Waals surface area contributed by atoms with Crippen LogP contribution in [0.1, 0.15) is 28.7 Å². The SMILES string of the molecule is CCc1ccc(Nc2nc(C)cc(C(=O)Nc3ccc(F)cc3F)n2)cc1. The summed E-state index contributed by atoms with van der Waals surface area (Å²) in [5, 5.41) is 5.44. The first-order chi connectivity index (χ1) is 12.9. The van der Waals surface area contributed by atoms with Crippen LogP contribution in [0.2, 0.25) is 0 Å². The molecule has 0 fully saturated rings. The third-order valence-corrected chi connectivity index (χ3v) is 3.88. The van der Waals surface area contributed by atoms with Crippen molar-refractivity contribution in [1.29, 1.82) is 0 Å². The van der Waals surface area contributed by atoms with E-state index in [9.17, 15) is 13.6 Å². The van der Waals surface area contributed by atoms with Crippen LogP contribution in [0.3, 0.4) is 0 Å². The van der Waals surface area contributed by atoms with E-state index in [2.05, 4.69) is 27.5 Å². The van der Waals surface area contributed by atoms with E-state index in [4.69, 9.17) is 0 Å². The second-order valence-corrected chi connectivity index (χ2v) is 5.97. The number of rotatable bonds is 5. The van der Waals surface area contributed by atoms with Crippen LogP contribution in [0.15, 0.2) is 48.5 Å². The Hall–Kier alpha value is -3.35. The van der Waals surface area contributed by atoms with Crippen LogP contribution in [0.4, 0.5) is 26.1 Å². The molecule has 27 heavy (non-hydrogen) atoms. The fraction of sp³-hybridized carbons (Fsp3) is 0.150. The van der Waals surface area contributed by atoms with E-state index in [0.29, 0.717) is 11.8 Å². The van der Waals surface area contributed by atoms with Crippen LogP contribution in [0.25, 0.3) is 0 Å². The molecule has 0 aliphatic carbocycles. The zero-order chi connectivity index (χ0) is 19.4. The Morgan fingerprint density at radius 2 is 1.78 bits per heavy atom. The molecule has 3 rings (SSSR count). The highest BCUT2D eigenvalue weighted by molar-refractivity contribution is 6.03. The summed E-state index contributed by atoms with van der Waals surface area (Å²) in [6.45, 7) is 3.79. The van der Waals surface area contributed by atoms with Gasteiger partial charge in [0.15, 0.2) is 0 Å². The largest absolute Gasteiger partial charge is 0.324 e. The number of amides is 1. The molecule has 138 valence electrons. The Kier molecular flexibility index (Phi) is 5.40. The van der Waals surface area contributed by atoms with Gasteiger partial charge in [-0.25, -0.2) is 18.7 Å². The number of benzene rings is 2. The van der Waals surface area contributed by atoms with Crippen LogP contribution in [-0.4, -0.2) is 15.9 Å². The maximum Gasteiger partial charge on any atom is 0.274 e. The van der Waals surface area contributed by atoms with Gasteiger partial charge in [-0.1, -0.05) is 19.1 Å². The first kappa shape index (κ1) is 18.4. The highest BCUT2D eigenvalue weighted by Crippen LogP contribution is 2.18. The molecular formula is C20H18F2N4O. The number of carbonyl (C=O) groups is 1. The van der Waals surface area contributed by atoms with E-state index in [-0.39, 0.29) is 17.3 Å². The van der Waals surface area contributed by atoms with Gasteiger partial charge in [-0.05, 0) is 49.2 Å². The number of nitrogens with one attached hydrogen (secondary N) is 2. The summed E-state index contributed by atoms with van der Waals surface area (Å²) in [5.74, 6) is -1.94. The number of hydrogen-bond donors (Lipinski definition) is 2. The van der Waals surface area contributed by atoms with E-state index >= 15 is 0 Å². The molecule has 1 aromatic heterocycles.